The van der Waals surface area contributed by atoms with Gasteiger partial charge in [-0.3, -0.25) is 0 Å². The minimum Gasteiger partial charge on any atom is -0.508 e. The van der Waals surface area contributed by atoms with E-state index in [2.05, 4.69) is 0 Å². The largest absolute Gasteiger partial charge is 0.508 e. The lowest BCUT2D eigenvalue weighted by atomic mass is 10.3. The number of para-hydroxylation sites is 1. The number of hydrogen-bond acceptors (Lipinski definition) is 2. The lowest BCUT2D eigenvalue weighted by molar-refractivity contribution is 0.478. The number of hydrogen-bond donors (Lipinski definition) is 2. The van der Waals surface area contributed by atoms with Gasteiger partial charge in [0.05, 0.1) is 0 Å². The third kappa shape index (κ3) is 1.31. The van der Waals surface area contributed by atoms with Gasteiger partial charge in [0.25, 0.3) is 0 Å². The van der Waals surface area contributed by atoms with Crippen LogP contribution >= 0.6 is 0 Å². The Balaban J connectivity index is 3.01. The first kappa shape index (κ1) is 6.32. The van der Waals surface area contributed by atoms with Crippen LogP contribution in [0.25, 0.3) is 0 Å². The minimum atomic E-state index is -1.19. The van der Waals surface area contributed by atoms with Crippen molar-refractivity contribution in [2.24, 2.45) is 0 Å². The van der Waals surface area contributed by atoms with E-state index in [1.165, 1.54) is 0 Å². The van der Waals surface area contributed by atoms with Crippen LogP contribution < -0.4 is 5.19 Å². The zero-order chi connectivity index (χ0) is 6.69. The standard InChI is InChI=1S/C6H8O2Si/c7-5-3-1-2-4-6(5)9-8/h1-4,7-8H,9H2. The summed E-state index contributed by atoms with van der Waals surface area (Å²) in [7, 11) is -1.19. The van der Waals surface area contributed by atoms with Gasteiger partial charge in [-0.05, 0) is 6.07 Å². The molecule has 0 saturated carbocycles. The normalized spacial score (nSPS) is 10.8. The van der Waals surface area contributed by atoms with Gasteiger partial charge in [-0.1, -0.05) is 18.2 Å². The van der Waals surface area contributed by atoms with E-state index >= 15 is 0 Å². The average molecular weight is 140 g/mol. The fourth-order valence-corrected chi connectivity index (χ4v) is 1.17. The van der Waals surface area contributed by atoms with Crippen LogP contribution in [-0.2, 0) is 0 Å². The van der Waals surface area contributed by atoms with Crippen LogP contribution in [-0.4, -0.2) is 19.7 Å². The molecule has 0 amide bonds. The van der Waals surface area contributed by atoms with Gasteiger partial charge in [-0.15, -0.1) is 0 Å². The average Bonchev–Trinajstić information content (AvgIpc) is 1.89. The summed E-state index contributed by atoms with van der Waals surface area (Å²) >= 11 is 0. The first-order valence-corrected chi connectivity index (χ1v) is 4.06. The molecule has 0 aliphatic rings. The number of rotatable bonds is 1. The molecule has 2 N–H and O–H groups in total. The third-order valence-corrected chi connectivity index (χ3v) is 2.10. The Bertz CT molecular complexity index is 200. The van der Waals surface area contributed by atoms with Crippen molar-refractivity contribution in [3.05, 3.63) is 24.3 Å². The Kier molecular flexibility index (Phi) is 1.87. The first-order valence-electron chi connectivity index (χ1n) is 2.72. The summed E-state index contributed by atoms with van der Waals surface area (Å²) < 4.78 is 0. The lowest BCUT2D eigenvalue weighted by Crippen LogP contribution is -2.12. The van der Waals surface area contributed by atoms with Gasteiger partial charge in [-0.2, -0.15) is 0 Å². The molecule has 0 fully saturated rings. The molecule has 0 saturated heterocycles. The van der Waals surface area contributed by atoms with Crippen molar-refractivity contribution in [3.63, 3.8) is 0 Å². The molecule has 0 unspecified atom stereocenters. The Hall–Kier alpha value is -0.803. The van der Waals surface area contributed by atoms with Crippen molar-refractivity contribution >= 4 is 14.9 Å². The molecule has 1 rings (SSSR count). The van der Waals surface area contributed by atoms with Crippen molar-refractivity contribution in [3.8, 4) is 5.75 Å². The number of benzene rings is 1. The maximum absolute atomic E-state index is 8.99. The zero-order valence-corrected chi connectivity index (χ0v) is 6.33. The van der Waals surface area contributed by atoms with Crippen molar-refractivity contribution in [2.45, 2.75) is 0 Å². The molecule has 0 bridgehead atoms. The fraction of sp³-hybridized carbons (Fsp3) is 0. The molecular formula is C6H8O2Si. The topological polar surface area (TPSA) is 40.5 Å². The van der Waals surface area contributed by atoms with E-state index in [4.69, 9.17) is 9.90 Å². The predicted octanol–water partition coefficient (Wildman–Crippen LogP) is -0.906. The Morgan fingerprint density at radius 2 is 1.89 bits per heavy atom. The Morgan fingerprint density at radius 1 is 1.22 bits per heavy atom. The quantitative estimate of drug-likeness (QED) is 0.496. The molecule has 0 atom stereocenters. The van der Waals surface area contributed by atoms with Crippen LogP contribution in [0, 0.1) is 0 Å². The molecule has 0 aromatic heterocycles. The van der Waals surface area contributed by atoms with E-state index in [0.717, 1.165) is 0 Å². The highest BCUT2D eigenvalue weighted by Crippen LogP contribution is 2.00. The van der Waals surface area contributed by atoms with E-state index in [0.29, 0.717) is 5.19 Å². The van der Waals surface area contributed by atoms with Crippen LogP contribution in [0.3, 0.4) is 0 Å². The molecule has 48 valence electrons. The molecule has 0 aliphatic heterocycles. The first-order chi connectivity index (χ1) is 4.34. The van der Waals surface area contributed by atoms with Crippen LogP contribution in [0.5, 0.6) is 5.75 Å². The fourth-order valence-electron chi connectivity index (χ4n) is 0.645. The van der Waals surface area contributed by atoms with Crippen molar-refractivity contribution in [1.29, 1.82) is 0 Å². The van der Waals surface area contributed by atoms with E-state index < -0.39 is 9.76 Å². The van der Waals surface area contributed by atoms with Gasteiger partial charge in [0, 0.05) is 5.19 Å². The summed E-state index contributed by atoms with van der Waals surface area (Å²) in [6.45, 7) is 0. The zero-order valence-electron chi connectivity index (χ0n) is 4.91. The molecular weight excluding hydrogens is 132 g/mol. The second-order valence-electron chi connectivity index (χ2n) is 1.79. The number of phenolic OH excluding ortho intramolecular Hbond substituents is 1. The molecule has 1 aromatic carbocycles. The maximum Gasteiger partial charge on any atom is 0.191 e. The smallest absolute Gasteiger partial charge is 0.191 e. The van der Waals surface area contributed by atoms with Crippen LogP contribution in [0.4, 0.5) is 0 Å². The van der Waals surface area contributed by atoms with E-state index in [-0.39, 0.29) is 5.75 Å². The second kappa shape index (κ2) is 2.66. The van der Waals surface area contributed by atoms with Crippen LogP contribution in [0.2, 0.25) is 0 Å². The highest BCUT2D eigenvalue weighted by molar-refractivity contribution is 6.46. The monoisotopic (exact) mass is 140 g/mol. The summed E-state index contributed by atoms with van der Waals surface area (Å²) in [5.74, 6) is 0.215. The SMILES string of the molecule is O[SiH2]c1ccccc1O. The summed E-state index contributed by atoms with van der Waals surface area (Å²) in [4.78, 5) is 8.70. The van der Waals surface area contributed by atoms with Crippen molar-refractivity contribution in [1.82, 2.24) is 0 Å². The third-order valence-electron chi connectivity index (χ3n) is 1.16. The molecule has 9 heavy (non-hydrogen) atoms. The Morgan fingerprint density at radius 3 is 2.33 bits per heavy atom. The number of phenols is 1. The van der Waals surface area contributed by atoms with Crippen molar-refractivity contribution < 1.29 is 9.90 Å². The highest BCUT2D eigenvalue weighted by Gasteiger charge is 1.94. The van der Waals surface area contributed by atoms with Crippen molar-refractivity contribution in [2.75, 3.05) is 0 Å². The molecule has 2 nitrogen and oxygen atoms in total. The Labute approximate surface area is 55.7 Å². The van der Waals surface area contributed by atoms with E-state index in [9.17, 15) is 0 Å². The highest BCUT2D eigenvalue weighted by atomic mass is 28.2. The van der Waals surface area contributed by atoms with Gasteiger partial charge >= 0.3 is 0 Å². The summed E-state index contributed by atoms with van der Waals surface area (Å²) in [5.41, 5.74) is 0. The molecule has 0 radical (unpaired) electrons. The second-order valence-corrected chi connectivity index (χ2v) is 2.86. The van der Waals surface area contributed by atoms with Gasteiger partial charge in [0.1, 0.15) is 5.75 Å². The lowest BCUT2D eigenvalue weighted by Gasteiger charge is -1.95. The molecule has 1 aromatic rings. The van der Waals surface area contributed by atoms with Gasteiger partial charge < -0.3 is 9.90 Å². The number of aromatic hydroxyl groups is 1. The molecule has 0 aliphatic carbocycles. The van der Waals surface area contributed by atoms with Gasteiger partial charge in [0.2, 0.25) is 0 Å². The van der Waals surface area contributed by atoms with Crippen LogP contribution in [0.1, 0.15) is 0 Å². The molecule has 3 heteroatoms. The van der Waals surface area contributed by atoms with E-state index in [1.54, 1.807) is 24.3 Å². The van der Waals surface area contributed by atoms with E-state index in [1.807, 2.05) is 0 Å². The minimum absolute atomic E-state index is 0.215. The summed E-state index contributed by atoms with van der Waals surface area (Å²) in [5, 5.41) is 9.69. The maximum atomic E-state index is 8.99. The van der Waals surface area contributed by atoms with Gasteiger partial charge in [0.15, 0.2) is 9.76 Å². The summed E-state index contributed by atoms with van der Waals surface area (Å²) in [6, 6.07) is 6.86. The molecule has 0 spiro atoms. The predicted molar refractivity (Wildman–Crippen MR) is 38.5 cm³/mol. The summed E-state index contributed by atoms with van der Waals surface area (Å²) in [6.07, 6.45) is 0. The molecule has 0 heterocycles. The van der Waals surface area contributed by atoms with Gasteiger partial charge in [-0.25, -0.2) is 0 Å². The van der Waals surface area contributed by atoms with Crippen LogP contribution in [0.15, 0.2) is 24.3 Å².